The molecular weight excluding hydrogens is 897 g/mol. The average molecular weight is 943 g/mol. The number of aromatic nitrogens is 3. The van der Waals surface area contributed by atoms with Gasteiger partial charge in [-0.25, -0.2) is 14.5 Å². The van der Waals surface area contributed by atoms with E-state index in [1.54, 1.807) is 0 Å². The quantitative estimate of drug-likeness (QED) is 0.127. The molecule has 12 aromatic rings. The van der Waals surface area contributed by atoms with E-state index in [0.717, 1.165) is 84.6 Å². The Hall–Kier alpha value is -9.79. The van der Waals surface area contributed by atoms with E-state index in [2.05, 4.69) is 215 Å². The van der Waals surface area contributed by atoms with E-state index in [4.69, 9.17) is 14.5 Å². The molecule has 9 aromatic carbocycles. The molecule has 0 amide bonds. The van der Waals surface area contributed by atoms with Crippen molar-refractivity contribution in [3.8, 4) is 5.69 Å². The lowest BCUT2D eigenvalue weighted by molar-refractivity contribution is 0.569. The van der Waals surface area contributed by atoms with E-state index in [1.165, 1.54) is 0 Å². The Balaban J connectivity index is 1.16. The predicted octanol–water partition coefficient (Wildman–Crippen LogP) is 15.9. The van der Waals surface area contributed by atoms with Crippen molar-refractivity contribution in [3.63, 3.8) is 0 Å². The van der Waals surface area contributed by atoms with Crippen molar-refractivity contribution in [2.75, 3.05) is 14.7 Å². The number of rotatable bonds is 10. The van der Waals surface area contributed by atoms with Crippen LogP contribution in [0.1, 0.15) is 27.9 Å². The minimum Gasteiger partial charge on any atom is -0.422 e. The van der Waals surface area contributed by atoms with Gasteiger partial charge >= 0.3 is 5.63 Å². The summed E-state index contributed by atoms with van der Waals surface area (Å²) in [7, 11) is 0. The third-order valence-electron chi connectivity index (χ3n) is 14.0. The second-order valence-electron chi connectivity index (χ2n) is 18.2. The molecular formula is C65H46N6O2. The summed E-state index contributed by atoms with van der Waals surface area (Å²) in [5.41, 5.74) is 13.2. The Kier molecular flexibility index (Phi) is 10.6. The number of pyridine rings is 1. The van der Waals surface area contributed by atoms with Crippen molar-refractivity contribution in [3.05, 3.63) is 299 Å². The Morgan fingerprint density at radius 3 is 1.51 bits per heavy atom. The zero-order valence-electron chi connectivity index (χ0n) is 39.8. The highest BCUT2D eigenvalue weighted by Gasteiger charge is 2.48. The van der Waals surface area contributed by atoms with Crippen LogP contribution in [-0.2, 0) is 5.41 Å². The van der Waals surface area contributed by atoms with Crippen LogP contribution in [0.3, 0.4) is 0 Å². The number of anilines is 9. The van der Waals surface area contributed by atoms with Crippen molar-refractivity contribution in [2.24, 2.45) is 0 Å². The highest BCUT2D eigenvalue weighted by molar-refractivity contribution is 6.06. The van der Waals surface area contributed by atoms with Crippen molar-refractivity contribution in [1.82, 2.24) is 14.8 Å². The lowest BCUT2D eigenvalue weighted by Crippen LogP contribution is -2.38. The monoisotopic (exact) mass is 942 g/mol. The average Bonchev–Trinajstić information content (AvgIpc) is 3.82. The highest BCUT2D eigenvalue weighted by atomic mass is 16.4. The molecule has 8 nitrogen and oxygen atoms in total. The molecule has 0 spiro atoms. The van der Waals surface area contributed by atoms with Gasteiger partial charge in [0.05, 0.1) is 39.9 Å². The summed E-state index contributed by atoms with van der Waals surface area (Å²) in [4.78, 5) is 26.2. The number of hydrogen-bond donors (Lipinski definition) is 0. The molecule has 3 aromatic heterocycles. The molecule has 0 bridgehead atoms. The topological polar surface area (TPSA) is 70.6 Å². The second-order valence-corrected chi connectivity index (χ2v) is 18.2. The fourth-order valence-electron chi connectivity index (χ4n) is 10.9. The molecule has 0 saturated heterocycles. The van der Waals surface area contributed by atoms with Crippen LogP contribution in [0.25, 0.3) is 27.6 Å². The Labute approximate surface area is 422 Å². The molecule has 73 heavy (non-hydrogen) atoms. The zero-order valence-corrected chi connectivity index (χ0v) is 39.8. The maximum atomic E-state index is 13.9. The maximum Gasteiger partial charge on any atom is 0.347 e. The molecule has 1 aliphatic heterocycles. The van der Waals surface area contributed by atoms with Gasteiger partial charge in [-0.05, 0) is 127 Å². The van der Waals surface area contributed by atoms with E-state index < -0.39 is 11.0 Å². The van der Waals surface area contributed by atoms with Crippen molar-refractivity contribution >= 4 is 73.2 Å². The largest absolute Gasteiger partial charge is 0.422 e. The fourth-order valence-corrected chi connectivity index (χ4v) is 10.9. The number of para-hydroxylation sites is 5. The van der Waals surface area contributed by atoms with Gasteiger partial charge in [0.15, 0.2) is 0 Å². The first-order valence-electron chi connectivity index (χ1n) is 24.4. The van der Waals surface area contributed by atoms with Crippen molar-refractivity contribution in [1.29, 1.82) is 0 Å². The molecule has 348 valence electrons. The molecule has 0 radical (unpaired) electrons. The summed E-state index contributed by atoms with van der Waals surface area (Å²) in [6, 6.07) is 88.9. The van der Waals surface area contributed by atoms with Gasteiger partial charge in [-0.3, -0.25) is 4.90 Å². The molecule has 0 N–H and O–H groups in total. The van der Waals surface area contributed by atoms with Crippen LogP contribution in [0.15, 0.2) is 270 Å². The summed E-state index contributed by atoms with van der Waals surface area (Å²) >= 11 is 0. The van der Waals surface area contributed by atoms with Gasteiger partial charge in [0.25, 0.3) is 0 Å². The first kappa shape index (κ1) is 43.2. The van der Waals surface area contributed by atoms with Crippen LogP contribution in [0.5, 0.6) is 0 Å². The number of hydrogen-bond acceptors (Lipinski definition) is 7. The second kappa shape index (κ2) is 17.9. The van der Waals surface area contributed by atoms with Crippen LogP contribution in [0.2, 0.25) is 0 Å². The summed E-state index contributed by atoms with van der Waals surface area (Å²) in [5, 5.41) is 6.14. The standard InChI is InChI=1S/C65H46N6O2/c1-45-62-63(71(67-45)52-35-21-8-22-36-52)55-41-53(38-40-60(55)73-64(62)72)70-58-39-37-54(68(48-27-13-4-14-28-48)49-29-15-5-16-30-49)42-56(58)65(46-23-9-2-10-24-46,47-25-11-3-12-26-47)57-43-61(66-44-59(57)70)69(50-31-17-6-18-32-50)51-33-19-7-20-34-51/h2-44H,1H3. The lowest BCUT2D eigenvalue weighted by Gasteiger charge is -2.47. The maximum absolute atomic E-state index is 13.9. The van der Waals surface area contributed by atoms with Crippen molar-refractivity contribution in [2.45, 2.75) is 12.3 Å². The van der Waals surface area contributed by atoms with Crippen LogP contribution in [0.4, 0.5) is 51.3 Å². The summed E-state index contributed by atoms with van der Waals surface area (Å²) in [6.45, 7) is 1.86. The summed E-state index contributed by atoms with van der Waals surface area (Å²) in [5.74, 6) is 0.756. The predicted molar refractivity (Wildman–Crippen MR) is 296 cm³/mol. The molecule has 4 heterocycles. The van der Waals surface area contributed by atoms with Crippen LogP contribution < -0.4 is 20.3 Å². The minimum atomic E-state index is -0.907. The molecule has 0 unspecified atom stereocenters. The van der Waals surface area contributed by atoms with E-state index in [-0.39, 0.29) is 0 Å². The smallest absolute Gasteiger partial charge is 0.347 e. The molecule has 0 saturated carbocycles. The fraction of sp³-hybridized carbons (Fsp3) is 0.0308. The zero-order chi connectivity index (χ0) is 48.9. The molecule has 0 aliphatic carbocycles. The molecule has 0 atom stereocenters. The normalized spacial score (nSPS) is 12.6. The molecule has 13 rings (SSSR count). The van der Waals surface area contributed by atoms with Gasteiger partial charge in [0, 0.05) is 45.1 Å². The van der Waals surface area contributed by atoms with Gasteiger partial charge in [0.2, 0.25) is 0 Å². The van der Waals surface area contributed by atoms with E-state index in [9.17, 15) is 4.79 Å². The number of aryl methyl sites for hydroxylation is 1. The lowest BCUT2D eigenvalue weighted by atomic mass is 9.62. The van der Waals surface area contributed by atoms with Crippen molar-refractivity contribution < 1.29 is 4.42 Å². The van der Waals surface area contributed by atoms with Gasteiger partial charge in [-0.2, -0.15) is 5.10 Å². The van der Waals surface area contributed by atoms with Gasteiger partial charge in [-0.15, -0.1) is 0 Å². The number of fused-ring (bicyclic) bond motifs is 5. The third-order valence-corrected chi connectivity index (χ3v) is 14.0. The highest BCUT2D eigenvalue weighted by Crippen LogP contribution is 2.59. The Morgan fingerprint density at radius 1 is 0.466 bits per heavy atom. The van der Waals surface area contributed by atoms with E-state index in [1.807, 2.05) is 72.4 Å². The molecule has 1 aliphatic rings. The minimum absolute atomic E-state index is 0.425. The Bertz CT molecular complexity index is 3750. The van der Waals surface area contributed by atoms with Crippen LogP contribution >= 0.6 is 0 Å². The number of benzene rings is 9. The summed E-state index contributed by atoms with van der Waals surface area (Å²) < 4.78 is 8.00. The first-order chi connectivity index (χ1) is 36.1. The summed E-state index contributed by atoms with van der Waals surface area (Å²) in [6.07, 6.45) is 2.03. The van der Waals surface area contributed by atoms with E-state index >= 15 is 0 Å². The Morgan fingerprint density at radius 2 is 0.959 bits per heavy atom. The van der Waals surface area contributed by atoms with Gasteiger partial charge in [0.1, 0.15) is 16.8 Å². The molecule has 0 fully saturated rings. The van der Waals surface area contributed by atoms with Crippen LogP contribution in [0, 0.1) is 6.92 Å². The SMILES string of the molecule is Cc1nn(-c2ccccc2)c2c1c(=O)oc1ccc(N3c4ccc(N(c5ccccc5)c5ccccc5)cc4C(c4ccccc4)(c4ccccc4)c4cc(N(c5ccccc5)c5ccccc5)ncc43)cc12. The third kappa shape index (κ3) is 7.18. The molecule has 8 heteroatoms. The van der Waals surface area contributed by atoms with Gasteiger partial charge < -0.3 is 14.2 Å². The van der Waals surface area contributed by atoms with Crippen LogP contribution in [-0.4, -0.2) is 14.8 Å². The van der Waals surface area contributed by atoms with Gasteiger partial charge in [-0.1, -0.05) is 152 Å². The first-order valence-corrected chi connectivity index (χ1v) is 24.4. The van der Waals surface area contributed by atoms with E-state index in [0.29, 0.717) is 22.2 Å². The number of nitrogens with zero attached hydrogens (tertiary/aromatic N) is 6.